The lowest BCUT2D eigenvalue weighted by Gasteiger charge is -2.16. The molecule has 0 spiro atoms. The summed E-state index contributed by atoms with van der Waals surface area (Å²) in [6.07, 6.45) is 3.39. The smallest absolute Gasteiger partial charge is 0.158 e. The summed E-state index contributed by atoms with van der Waals surface area (Å²) >= 11 is 0. The average molecular weight is 335 g/mol. The summed E-state index contributed by atoms with van der Waals surface area (Å²) in [7, 11) is 0. The molecule has 25 heavy (non-hydrogen) atoms. The summed E-state index contributed by atoms with van der Waals surface area (Å²) < 4.78 is 0. The molecule has 0 unspecified atom stereocenters. The molecule has 3 heterocycles. The number of imidazole rings is 2. The number of fused-ring (bicyclic) bond motifs is 2. The number of nitrogens with two attached hydrogens (primary N) is 1. The summed E-state index contributed by atoms with van der Waals surface area (Å²) in [4.78, 5) is 24.8. The van der Waals surface area contributed by atoms with Gasteiger partial charge in [0.25, 0.3) is 0 Å². The minimum Gasteiger partial charge on any atom is -0.342 e. The van der Waals surface area contributed by atoms with Gasteiger partial charge in [-0.2, -0.15) is 0 Å². The number of aromatic nitrogens is 6. The molecule has 0 fully saturated rings. The first kappa shape index (κ1) is 15.7. The van der Waals surface area contributed by atoms with Crippen LogP contribution in [0.4, 0.5) is 0 Å². The molecule has 0 atom stereocenters. The van der Waals surface area contributed by atoms with Gasteiger partial charge in [0.05, 0.1) is 45.7 Å². The zero-order valence-electron chi connectivity index (χ0n) is 14.8. The van der Waals surface area contributed by atoms with E-state index in [4.69, 9.17) is 5.73 Å². The highest BCUT2D eigenvalue weighted by Crippen LogP contribution is 2.25. The number of nitrogens with zero attached hydrogens (tertiary/aromatic N) is 4. The molecule has 0 saturated carbocycles. The third-order valence-electron chi connectivity index (χ3n) is 4.20. The van der Waals surface area contributed by atoms with Gasteiger partial charge in [-0.1, -0.05) is 13.8 Å². The van der Waals surface area contributed by atoms with Crippen LogP contribution >= 0.6 is 0 Å². The first-order chi connectivity index (χ1) is 11.8. The van der Waals surface area contributed by atoms with Crippen molar-refractivity contribution < 1.29 is 0 Å². The van der Waals surface area contributed by atoms with Gasteiger partial charge in [0.1, 0.15) is 11.5 Å². The van der Waals surface area contributed by atoms with Gasteiger partial charge in [-0.15, -0.1) is 0 Å². The molecule has 1 aromatic carbocycles. The molecule has 0 amide bonds. The molecule has 4 N–H and O–H groups in total. The van der Waals surface area contributed by atoms with Crippen LogP contribution in [0.5, 0.6) is 0 Å². The molecule has 3 aromatic heterocycles. The summed E-state index contributed by atoms with van der Waals surface area (Å²) in [6.45, 7) is 8.03. The van der Waals surface area contributed by atoms with E-state index in [1.807, 2.05) is 26.0 Å². The van der Waals surface area contributed by atoms with Crippen molar-refractivity contribution in [2.45, 2.75) is 39.2 Å². The monoisotopic (exact) mass is 335 g/mol. The van der Waals surface area contributed by atoms with Gasteiger partial charge in [-0.25, -0.2) is 15.0 Å². The molecule has 0 aliphatic rings. The van der Waals surface area contributed by atoms with Gasteiger partial charge >= 0.3 is 0 Å². The Bertz CT molecular complexity index is 998. The number of hydrogen-bond donors (Lipinski definition) is 3. The van der Waals surface area contributed by atoms with Crippen molar-refractivity contribution in [1.82, 2.24) is 29.9 Å². The fourth-order valence-electron chi connectivity index (χ4n) is 2.71. The van der Waals surface area contributed by atoms with E-state index in [1.54, 1.807) is 12.4 Å². The highest BCUT2D eigenvalue weighted by molar-refractivity contribution is 5.92. The Morgan fingerprint density at radius 2 is 1.68 bits per heavy atom. The Hall–Kier alpha value is -2.80. The van der Waals surface area contributed by atoms with Gasteiger partial charge in [0.2, 0.25) is 0 Å². The van der Waals surface area contributed by atoms with Crippen molar-refractivity contribution in [3.05, 3.63) is 36.0 Å². The Kier molecular flexibility index (Phi) is 3.36. The molecular formula is C18H21N7. The standard InChI is InChI=1S/C18H21N7/c1-9(2)16-22-10-5-12-13(6-11(10)23-16)25-17(24-12)14-7-21-15(8-20-14)18(3,4)19/h5-9H,19H2,1-4H3,(H,22,23)(H,24,25). The molecule has 0 bridgehead atoms. The molecule has 7 nitrogen and oxygen atoms in total. The van der Waals surface area contributed by atoms with Crippen LogP contribution in [0.25, 0.3) is 33.6 Å². The zero-order chi connectivity index (χ0) is 17.8. The Balaban J connectivity index is 1.76. The van der Waals surface area contributed by atoms with Gasteiger partial charge in [0.15, 0.2) is 5.82 Å². The van der Waals surface area contributed by atoms with Crippen LogP contribution in [0.1, 0.15) is 45.1 Å². The number of H-pyrrole nitrogens is 2. The van der Waals surface area contributed by atoms with Crippen LogP contribution in [0, 0.1) is 0 Å². The van der Waals surface area contributed by atoms with Gasteiger partial charge < -0.3 is 15.7 Å². The fourth-order valence-corrected chi connectivity index (χ4v) is 2.71. The second-order valence-electron chi connectivity index (χ2n) is 7.26. The number of nitrogens with one attached hydrogen (secondary N) is 2. The Labute approximate surface area is 145 Å². The maximum absolute atomic E-state index is 6.05. The predicted octanol–water partition coefficient (Wildman–Crippen LogP) is 3.21. The maximum Gasteiger partial charge on any atom is 0.158 e. The maximum atomic E-state index is 6.05. The summed E-state index contributed by atoms with van der Waals surface area (Å²) in [5.41, 5.74) is 10.7. The molecule has 0 radical (unpaired) electrons. The normalized spacial score (nSPS) is 12.6. The van der Waals surface area contributed by atoms with Crippen LogP contribution in [0.15, 0.2) is 24.5 Å². The first-order valence-corrected chi connectivity index (χ1v) is 8.32. The average Bonchev–Trinajstić information content (AvgIpc) is 3.14. The molecule has 4 aromatic rings. The third kappa shape index (κ3) is 2.76. The van der Waals surface area contributed by atoms with E-state index in [0.29, 0.717) is 17.4 Å². The Morgan fingerprint density at radius 3 is 2.32 bits per heavy atom. The van der Waals surface area contributed by atoms with Crippen molar-refractivity contribution in [2.24, 2.45) is 5.73 Å². The summed E-state index contributed by atoms with van der Waals surface area (Å²) in [5.74, 6) is 2.02. The molecule has 0 aliphatic carbocycles. The minimum absolute atomic E-state index is 0.356. The number of rotatable bonds is 3. The van der Waals surface area contributed by atoms with Crippen molar-refractivity contribution in [2.75, 3.05) is 0 Å². The van der Waals surface area contributed by atoms with Gasteiger partial charge in [-0.3, -0.25) is 4.98 Å². The molecular weight excluding hydrogens is 314 g/mol. The van der Waals surface area contributed by atoms with E-state index in [0.717, 1.165) is 33.6 Å². The van der Waals surface area contributed by atoms with Crippen LogP contribution in [-0.4, -0.2) is 29.9 Å². The van der Waals surface area contributed by atoms with E-state index >= 15 is 0 Å². The largest absolute Gasteiger partial charge is 0.342 e. The lowest BCUT2D eigenvalue weighted by Crippen LogP contribution is -2.30. The van der Waals surface area contributed by atoms with E-state index in [9.17, 15) is 0 Å². The number of benzene rings is 1. The molecule has 128 valence electrons. The lowest BCUT2D eigenvalue weighted by atomic mass is 10.0. The fraction of sp³-hybridized carbons (Fsp3) is 0.333. The van der Waals surface area contributed by atoms with E-state index in [-0.39, 0.29) is 0 Å². The Morgan fingerprint density at radius 1 is 0.960 bits per heavy atom. The summed E-state index contributed by atoms with van der Waals surface area (Å²) in [5, 5.41) is 0. The van der Waals surface area contributed by atoms with Crippen LogP contribution in [0.3, 0.4) is 0 Å². The predicted molar refractivity (Wildman–Crippen MR) is 98.1 cm³/mol. The second-order valence-corrected chi connectivity index (χ2v) is 7.26. The van der Waals surface area contributed by atoms with Crippen LogP contribution in [-0.2, 0) is 5.54 Å². The van der Waals surface area contributed by atoms with Gasteiger partial charge in [0, 0.05) is 5.92 Å². The SMILES string of the molecule is CC(C)c1nc2cc3nc(-c4cnc(C(C)(C)N)cn4)[nH]c3cc2[nH]1. The van der Waals surface area contributed by atoms with Crippen molar-refractivity contribution in [3.8, 4) is 11.5 Å². The van der Waals surface area contributed by atoms with Crippen LogP contribution in [0.2, 0.25) is 0 Å². The van der Waals surface area contributed by atoms with Gasteiger partial charge in [-0.05, 0) is 26.0 Å². The lowest BCUT2D eigenvalue weighted by molar-refractivity contribution is 0.532. The molecule has 0 saturated heterocycles. The first-order valence-electron chi connectivity index (χ1n) is 8.32. The second kappa shape index (κ2) is 5.35. The highest BCUT2D eigenvalue weighted by atomic mass is 15.0. The van der Waals surface area contributed by atoms with E-state index < -0.39 is 5.54 Å². The third-order valence-corrected chi connectivity index (χ3v) is 4.20. The topological polar surface area (TPSA) is 109 Å². The van der Waals surface area contributed by atoms with E-state index in [1.165, 1.54) is 0 Å². The highest BCUT2D eigenvalue weighted by Gasteiger charge is 2.17. The molecule has 4 rings (SSSR count). The van der Waals surface area contributed by atoms with E-state index in [2.05, 4.69) is 43.8 Å². The molecule has 7 heteroatoms. The summed E-state index contributed by atoms with van der Waals surface area (Å²) in [6, 6.07) is 4.02. The number of hydrogen-bond acceptors (Lipinski definition) is 5. The number of aromatic amines is 2. The minimum atomic E-state index is -0.516. The quantitative estimate of drug-likeness (QED) is 0.532. The van der Waals surface area contributed by atoms with Crippen molar-refractivity contribution >= 4 is 22.1 Å². The van der Waals surface area contributed by atoms with Crippen LogP contribution < -0.4 is 5.73 Å². The molecule has 0 aliphatic heterocycles. The van der Waals surface area contributed by atoms with Crippen molar-refractivity contribution in [1.29, 1.82) is 0 Å². The zero-order valence-corrected chi connectivity index (χ0v) is 14.8. The van der Waals surface area contributed by atoms with Crippen molar-refractivity contribution in [3.63, 3.8) is 0 Å².